The first-order chi connectivity index (χ1) is 7.79. The van der Waals surface area contributed by atoms with E-state index in [-0.39, 0.29) is 0 Å². The Morgan fingerprint density at radius 2 is 1.06 bits per heavy atom. The van der Waals surface area contributed by atoms with Gasteiger partial charge in [0.05, 0.1) is 0 Å². The molecule has 0 radical (unpaired) electrons. The molecule has 96 valence electrons. The van der Waals surface area contributed by atoms with Gasteiger partial charge in [-0.15, -0.1) is 0 Å². The van der Waals surface area contributed by atoms with E-state index in [1.54, 1.807) is 39.0 Å². The molecule has 1 heteroatoms. The molecule has 0 aromatic heterocycles. The fourth-order valence-corrected chi connectivity index (χ4v) is 17.7. The van der Waals surface area contributed by atoms with Gasteiger partial charge in [0, 0.05) is 0 Å². The van der Waals surface area contributed by atoms with Crippen molar-refractivity contribution in [3.8, 4) is 0 Å². The van der Waals surface area contributed by atoms with Crippen molar-refractivity contribution in [3.63, 3.8) is 0 Å². The second-order valence-corrected chi connectivity index (χ2v) is 22.0. The second-order valence-electron chi connectivity index (χ2n) is 5.82. The summed E-state index contributed by atoms with van der Waals surface area (Å²) in [5.74, 6) is 0. The molecule has 0 spiro atoms. The van der Waals surface area contributed by atoms with E-state index in [1.165, 1.54) is 29.6 Å². The van der Waals surface area contributed by atoms with Crippen molar-refractivity contribution in [2.24, 2.45) is 0 Å². The van der Waals surface area contributed by atoms with Crippen LogP contribution in [0.5, 0.6) is 0 Å². The van der Waals surface area contributed by atoms with Crippen molar-refractivity contribution in [3.05, 3.63) is 0 Å². The third-order valence-electron chi connectivity index (χ3n) is 5.33. The van der Waals surface area contributed by atoms with Crippen molar-refractivity contribution in [2.45, 2.75) is 89.4 Å². The van der Waals surface area contributed by atoms with Crippen molar-refractivity contribution in [1.82, 2.24) is 0 Å². The summed E-state index contributed by atoms with van der Waals surface area (Å²) in [6.45, 7) is 7.53. The van der Waals surface area contributed by atoms with E-state index < -0.39 is 18.4 Å². The van der Waals surface area contributed by atoms with Gasteiger partial charge in [0.25, 0.3) is 0 Å². The Balaban J connectivity index is 2.63. The summed E-state index contributed by atoms with van der Waals surface area (Å²) in [5.41, 5.74) is 0. The predicted octanol–water partition coefficient (Wildman–Crippen LogP) is 6.00. The molecular formula is C15H32Sn. The summed E-state index contributed by atoms with van der Waals surface area (Å²) in [5, 5.41) is 0. The maximum absolute atomic E-state index is 2.51. The predicted molar refractivity (Wildman–Crippen MR) is 77.9 cm³/mol. The quantitative estimate of drug-likeness (QED) is 0.554. The van der Waals surface area contributed by atoms with E-state index in [2.05, 4.69) is 20.8 Å². The molecule has 1 fully saturated rings. The minimum absolute atomic E-state index is 1.23. The van der Waals surface area contributed by atoms with Crippen LogP contribution in [0.15, 0.2) is 0 Å². The molecule has 1 rings (SSSR count). The van der Waals surface area contributed by atoms with Gasteiger partial charge in [-0.3, -0.25) is 0 Å². The summed E-state index contributed by atoms with van der Waals surface area (Å²) in [7, 11) is 0. The molecule has 0 nitrogen and oxygen atoms in total. The zero-order chi connectivity index (χ0) is 11.9. The molecule has 0 aromatic carbocycles. The Bertz CT molecular complexity index is 154. The maximum atomic E-state index is 2.51. The topological polar surface area (TPSA) is 0 Å². The van der Waals surface area contributed by atoms with Crippen LogP contribution in [-0.4, -0.2) is 18.4 Å². The van der Waals surface area contributed by atoms with Crippen LogP contribution < -0.4 is 0 Å². The van der Waals surface area contributed by atoms with Crippen LogP contribution in [0.1, 0.15) is 72.1 Å². The van der Waals surface area contributed by atoms with Crippen LogP contribution >= 0.6 is 0 Å². The minimum atomic E-state index is -1.69. The first kappa shape index (κ1) is 14.9. The van der Waals surface area contributed by atoms with E-state index in [0.29, 0.717) is 0 Å². The van der Waals surface area contributed by atoms with E-state index in [0.717, 1.165) is 0 Å². The first-order valence-electron chi connectivity index (χ1n) is 7.79. The molecule has 0 heterocycles. The summed E-state index contributed by atoms with van der Waals surface area (Å²) < 4.78 is 6.04. The zero-order valence-electron chi connectivity index (χ0n) is 11.9. The number of hydrogen-bond donors (Lipinski definition) is 0. The van der Waals surface area contributed by atoms with Crippen LogP contribution in [0.4, 0.5) is 0 Å². The van der Waals surface area contributed by atoms with Gasteiger partial charge in [-0.1, -0.05) is 0 Å². The SMILES string of the molecule is C[CH2][Sn]([CH2]C)([CH2]C)[CH]1CCCCCCCC1. The summed E-state index contributed by atoms with van der Waals surface area (Å²) >= 11 is -1.69. The van der Waals surface area contributed by atoms with Crippen LogP contribution in [0.25, 0.3) is 0 Å². The Hall–Kier alpha value is 0.799. The molecule has 0 saturated heterocycles. The van der Waals surface area contributed by atoms with Gasteiger partial charge in [0.1, 0.15) is 0 Å². The monoisotopic (exact) mass is 332 g/mol. The summed E-state index contributed by atoms with van der Waals surface area (Å²) in [6.07, 6.45) is 12.4. The molecule has 1 aliphatic rings. The van der Waals surface area contributed by atoms with E-state index in [9.17, 15) is 0 Å². The summed E-state index contributed by atoms with van der Waals surface area (Å²) in [6, 6.07) is 0. The molecule has 0 atom stereocenters. The zero-order valence-corrected chi connectivity index (χ0v) is 14.7. The van der Waals surface area contributed by atoms with Gasteiger partial charge in [0.15, 0.2) is 0 Å². The van der Waals surface area contributed by atoms with Crippen LogP contribution in [0, 0.1) is 0 Å². The van der Waals surface area contributed by atoms with Gasteiger partial charge in [-0.2, -0.15) is 0 Å². The normalized spacial score (nSPS) is 21.2. The summed E-state index contributed by atoms with van der Waals surface area (Å²) in [4.78, 5) is 0. The average molecular weight is 331 g/mol. The van der Waals surface area contributed by atoms with E-state index in [1.807, 2.05) is 0 Å². The molecule has 0 aliphatic heterocycles. The molecule has 1 saturated carbocycles. The molecule has 1 aliphatic carbocycles. The molecular weight excluding hydrogens is 299 g/mol. The van der Waals surface area contributed by atoms with Crippen LogP contribution in [0.3, 0.4) is 0 Å². The fourth-order valence-electron chi connectivity index (χ4n) is 3.86. The third kappa shape index (κ3) is 3.92. The molecule has 0 amide bonds. The van der Waals surface area contributed by atoms with Gasteiger partial charge in [0.2, 0.25) is 0 Å². The first-order valence-corrected chi connectivity index (χ1v) is 15.5. The Kier molecular flexibility index (Phi) is 7.43. The van der Waals surface area contributed by atoms with Crippen molar-refractivity contribution < 1.29 is 0 Å². The molecule has 0 bridgehead atoms. The molecule has 16 heavy (non-hydrogen) atoms. The Morgan fingerprint density at radius 1 is 0.688 bits per heavy atom. The van der Waals surface area contributed by atoms with Crippen molar-refractivity contribution >= 4 is 18.4 Å². The molecule has 0 aromatic rings. The van der Waals surface area contributed by atoms with Crippen molar-refractivity contribution in [2.75, 3.05) is 0 Å². The average Bonchev–Trinajstić information content (AvgIpc) is 2.46. The van der Waals surface area contributed by atoms with E-state index >= 15 is 0 Å². The standard InChI is InChI=1S/C9H17.3C2H5.Sn/c1-2-4-6-8-9-7-5-3-1;3*1-2;/h1H,2-9H2;3*1H2,2H3;. The molecule has 0 N–H and O–H groups in total. The number of hydrogen-bond acceptors (Lipinski definition) is 0. The van der Waals surface area contributed by atoms with Gasteiger partial charge in [-0.25, -0.2) is 0 Å². The van der Waals surface area contributed by atoms with E-state index in [4.69, 9.17) is 0 Å². The van der Waals surface area contributed by atoms with Gasteiger partial charge < -0.3 is 0 Å². The van der Waals surface area contributed by atoms with Crippen LogP contribution in [-0.2, 0) is 0 Å². The van der Waals surface area contributed by atoms with Gasteiger partial charge >= 0.3 is 108 Å². The van der Waals surface area contributed by atoms with Gasteiger partial charge in [-0.05, 0) is 0 Å². The van der Waals surface area contributed by atoms with Crippen LogP contribution in [0.2, 0.25) is 17.2 Å². The third-order valence-corrected chi connectivity index (χ3v) is 24.0. The number of rotatable bonds is 4. The van der Waals surface area contributed by atoms with Crippen molar-refractivity contribution in [1.29, 1.82) is 0 Å². The second kappa shape index (κ2) is 8.00. The Labute approximate surface area is 107 Å². The molecule has 0 unspecified atom stereocenters. The Morgan fingerprint density at radius 3 is 1.44 bits per heavy atom. The fraction of sp³-hybridized carbons (Fsp3) is 1.00.